The van der Waals surface area contributed by atoms with Crippen molar-refractivity contribution in [2.75, 3.05) is 27.4 Å². The smallest absolute Gasteiger partial charge is 0.357 e. The summed E-state index contributed by atoms with van der Waals surface area (Å²) in [7, 11) is 3.06. The van der Waals surface area contributed by atoms with E-state index in [9.17, 15) is 14.0 Å². The van der Waals surface area contributed by atoms with E-state index in [1.54, 1.807) is 41.5 Å². The van der Waals surface area contributed by atoms with Gasteiger partial charge in [-0.1, -0.05) is 23.7 Å². The lowest BCUT2D eigenvalue weighted by Crippen LogP contribution is -2.32. The highest BCUT2D eigenvalue weighted by Crippen LogP contribution is 2.30. The van der Waals surface area contributed by atoms with Crippen molar-refractivity contribution in [1.82, 2.24) is 9.88 Å². The van der Waals surface area contributed by atoms with E-state index < -0.39 is 11.8 Å². The fraction of sp³-hybridized carbons (Fsp3) is 0.346. The number of methoxy groups -OCH3 is 2. The third-order valence-corrected chi connectivity index (χ3v) is 6.68. The Morgan fingerprint density at radius 3 is 2.50 bits per heavy atom. The van der Waals surface area contributed by atoms with Crippen LogP contribution in [0, 0.1) is 12.7 Å². The Labute approximate surface area is 218 Å². The molecule has 1 aromatic heterocycles. The third kappa shape index (κ3) is 6.53. The lowest BCUT2D eigenvalue weighted by Gasteiger charge is -2.23. The summed E-state index contributed by atoms with van der Waals surface area (Å²) in [4.78, 5) is 31.6. The van der Waals surface area contributed by atoms with E-state index >= 15 is 0 Å². The Morgan fingerprint density at radius 1 is 1.17 bits per heavy atom. The van der Waals surface area contributed by atoms with Gasteiger partial charge < -0.3 is 19.1 Å². The summed E-state index contributed by atoms with van der Waals surface area (Å²) in [6.07, 6.45) is 0.877. The quantitative estimate of drug-likeness (QED) is 0.293. The molecular formula is C26H28ClFN2O5S. The summed E-state index contributed by atoms with van der Waals surface area (Å²) in [5, 5.41) is 2.25. The number of benzene rings is 2. The van der Waals surface area contributed by atoms with Gasteiger partial charge in [0.1, 0.15) is 22.3 Å². The van der Waals surface area contributed by atoms with Crippen LogP contribution in [0.15, 0.2) is 35.7 Å². The number of aromatic nitrogens is 1. The van der Waals surface area contributed by atoms with Crippen molar-refractivity contribution >= 4 is 34.8 Å². The molecule has 7 nitrogen and oxygen atoms in total. The van der Waals surface area contributed by atoms with Gasteiger partial charge in [0.25, 0.3) is 5.91 Å². The molecule has 1 amide bonds. The summed E-state index contributed by atoms with van der Waals surface area (Å²) >= 11 is 7.17. The molecule has 0 fully saturated rings. The Kier molecular flexibility index (Phi) is 9.66. The monoisotopic (exact) mass is 534 g/mol. The molecule has 0 aliphatic rings. The van der Waals surface area contributed by atoms with Crippen LogP contribution >= 0.6 is 22.9 Å². The molecule has 2 aromatic carbocycles. The second-order valence-electron chi connectivity index (χ2n) is 7.90. The van der Waals surface area contributed by atoms with E-state index in [1.165, 1.54) is 31.6 Å². The summed E-state index contributed by atoms with van der Waals surface area (Å²) in [6, 6.07) is 8.19. The number of amides is 1. The molecule has 192 valence electrons. The average Bonchev–Trinajstić information content (AvgIpc) is 3.34. The fourth-order valence-electron chi connectivity index (χ4n) is 3.69. The van der Waals surface area contributed by atoms with Crippen molar-refractivity contribution in [1.29, 1.82) is 0 Å². The third-order valence-electron chi connectivity index (χ3n) is 5.55. The Morgan fingerprint density at radius 2 is 1.86 bits per heavy atom. The van der Waals surface area contributed by atoms with E-state index in [2.05, 4.69) is 4.98 Å². The Balaban J connectivity index is 1.86. The molecule has 0 spiro atoms. The first-order valence-electron chi connectivity index (χ1n) is 11.3. The number of ether oxygens (including phenoxy) is 3. The molecule has 0 N–H and O–H groups in total. The minimum atomic E-state index is -0.512. The first-order chi connectivity index (χ1) is 17.3. The van der Waals surface area contributed by atoms with Crippen LogP contribution in [0.4, 0.5) is 4.39 Å². The van der Waals surface area contributed by atoms with Gasteiger partial charge in [-0.25, -0.2) is 14.2 Å². The summed E-state index contributed by atoms with van der Waals surface area (Å²) in [5.74, 6) is -0.188. The van der Waals surface area contributed by atoms with Crippen LogP contribution in [0.2, 0.25) is 5.02 Å². The SMILES string of the molecule is CCOC(=O)c1csc(CN(CCCc2cccc(Cl)c2F)C(=O)c2cc(OC)c(C)c(OC)c2)n1. The first kappa shape index (κ1) is 27.4. The van der Waals surface area contributed by atoms with Crippen molar-refractivity contribution in [3.63, 3.8) is 0 Å². The maximum absolute atomic E-state index is 14.3. The lowest BCUT2D eigenvalue weighted by molar-refractivity contribution is 0.0520. The molecule has 0 aliphatic carbocycles. The summed E-state index contributed by atoms with van der Waals surface area (Å²) < 4.78 is 30.2. The number of halogens is 2. The first-order valence-corrected chi connectivity index (χ1v) is 12.6. The maximum atomic E-state index is 14.3. The molecule has 0 saturated heterocycles. The van der Waals surface area contributed by atoms with Crippen molar-refractivity contribution in [2.45, 2.75) is 33.2 Å². The number of hydrogen-bond donors (Lipinski definition) is 0. The van der Waals surface area contributed by atoms with Crippen LogP contribution in [0.5, 0.6) is 11.5 Å². The Bertz CT molecular complexity index is 1210. The van der Waals surface area contributed by atoms with Gasteiger partial charge in [0.2, 0.25) is 0 Å². The molecule has 0 bridgehead atoms. The number of rotatable bonds is 11. The van der Waals surface area contributed by atoms with Crippen molar-refractivity contribution in [3.05, 3.63) is 73.9 Å². The minimum absolute atomic E-state index is 0.0635. The number of nitrogens with zero attached hydrogens (tertiary/aromatic N) is 2. The summed E-state index contributed by atoms with van der Waals surface area (Å²) in [5.41, 5.74) is 1.83. The topological polar surface area (TPSA) is 78.0 Å². The van der Waals surface area contributed by atoms with E-state index in [0.717, 1.165) is 5.56 Å². The largest absolute Gasteiger partial charge is 0.496 e. The van der Waals surface area contributed by atoms with Gasteiger partial charge >= 0.3 is 5.97 Å². The van der Waals surface area contributed by atoms with E-state index in [-0.39, 0.29) is 29.8 Å². The molecular weight excluding hydrogens is 507 g/mol. The number of carbonyl (C=O) groups excluding carboxylic acids is 2. The van der Waals surface area contributed by atoms with Gasteiger partial charge in [-0.2, -0.15) is 0 Å². The van der Waals surface area contributed by atoms with Gasteiger partial charge in [-0.15, -0.1) is 11.3 Å². The van der Waals surface area contributed by atoms with Gasteiger partial charge in [0.05, 0.1) is 32.4 Å². The molecule has 3 rings (SSSR count). The van der Waals surface area contributed by atoms with Crippen molar-refractivity contribution in [3.8, 4) is 11.5 Å². The zero-order valence-electron chi connectivity index (χ0n) is 20.6. The van der Waals surface area contributed by atoms with Crippen LogP contribution in [0.3, 0.4) is 0 Å². The molecule has 1 heterocycles. The van der Waals surface area contributed by atoms with Gasteiger partial charge in [-0.3, -0.25) is 4.79 Å². The molecule has 3 aromatic rings. The lowest BCUT2D eigenvalue weighted by atomic mass is 10.1. The highest BCUT2D eigenvalue weighted by Gasteiger charge is 2.22. The second-order valence-corrected chi connectivity index (χ2v) is 9.25. The molecule has 10 heteroatoms. The van der Waals surface area contributed by atoms with E-state index in [4.69, 9.17) is 25.8 Å². The summed E-state index contributed by atoms with van der Waals surface area (Å²) in [6.45, 7) is 4.29. The van der Waals surface area contributed by atoms with Gasteiger partial charge in [0, 0.05) is 23.1 Å². The highest BCUT2D eigenvalue weighted by atomic mass is 35.5. The van der Waals surface area contributed by atoms with Crippen LogP contribution in [0.25, 0.3) is 0 Å². The molecule has 0 unspecified atom stereocenters. The molecule has 0 atom stereocenters. The molecule has 0 aliphatic heterocycles. The van der Waals surface area contributed by atoms with Crippen LogP contribution in [-0.2, 0) is 17.7 Å². The van der Waals surface area contributed by atoms with Crippen molar-refractivity contribution in [2.24, 2.45) is 0 Å². The number of carbonyl (C=O) groups is 2. The number of esters is 1. The molecule has 0 saturated carbocycles. The molecule has 0 radical (unpaired) electrons. The van der Waals surface area contributed by atoms with Gasteiger partial charge in [0.15, 0.2) is 5.69 Å². The normalized spacial score (nSPS) is 10.7. The molecule has 36 heavy (non-hydrogen) atoms. The van der Waals surface area contributed by atoms with Gasteiger partial charge in [-0.05, 0) is 50.5 Å². The predicted molar refractivity (Wildman–Crippen MR) is 137 cm³/mol. The standard InChI is InChI=1S/C26H28ClFN2O5S/c1-5-35-26(32)20-15-36-23(29-20)14-30(11-7-9-17-8-6-10-19(27)24(17)28)25(31)18-12-21(33-3)16(2)22(13-18)34-4/h6,8,10,12-13,15H,5,7,9,11,14H2,1-4H3. The van der Waals surface area contributed by atoms with Crippen LogP contribution < -0.4 is 9.47 Å². The number of thiazole rings is 1. The van der Waals surface area contributed by atoms with Crippen LogP contribution in [-0.4, -0.2) is 49.1 Å². The van der Waals surface area contributed by atoms with E-state index in [0.29, 0.717) is 47.0 Å². The predicted octanol–water partition coefficient (Wildman–Crippen LogP) is 5.71. The Hall–Kier alpha value is -3.17. The zero-order valence-corrected chi connectivity index (χ0v) is 22.2. The number of hydrogen-bond acceptors (Lipinski definition) is 7. The maximum Gasteiger partial charge on any atom is 0.357 e. The van der Waals surface area contributed by atoms with Crippen molar-refractivity contribution < 1.29 is 28.2 Å². The second kappa shape index (κ2) is 12.7. The fourth-order valence-corrected chi connectivity index (χ4v) is 4.66. The van der Waals surface area contributed by atoms with E-state index in [1.807, 2.05) is 6.92 Å². The van der Waals surface area contributed by atoms with Crippen LogP contribution in [0.1, 0.15) is 50.3 Å². The highest BCUT2D eigenvalue weighted by molar-refractivity contribution is 7.09. The average molecular weight is 535 g/mol. The zero-order chi connectivity index (χ0) is 26.2. The number of aryl methyl sites for hydroxylation is 1. The minimum Gasteiger partial charge on any atom is -0.496 e.